The third-order valence-electron chi connectivity index (χ3n) is 4.34. The van der Waals surface area contributed by atoms with E-state index in [1.807, 2.05) is 30.3 Å². The number of nitrogens with one attached hydrogen (secondary N) is 2. The van der Waals surface area contributed by atoms with Crippen molar-refractivity contribution in [1.82, 2.24) is 5.32 Å². The third kappa shape index (κ3) is 5.03. The Kier molecular flexibility index (Phi) is 6.57. The van der Waals surface area contributed by atoms with Crippen LogP contribution in [0.25, 0.3) is 0 Å². The van der Waals surface area contributed by atoms with Gasteiger partial charge in [-0.25, -0.2) is 4.39 Å². The van der Waals surface area contributed by atoms with Gasteiger partial charge in [0.15, 0.2) is 0 Å². The number of morpholine rings is 1. The normalized spacial score (nSPS) is 14.3. The van der Waals surface area contributed by atoms with Crippen LogP contribution in [-0.4, -0.2) is 45.3 Å². The number of carbonyl (C=O) groups is 1. The van der Waals surface area contributed by atoms with E-state index < -0.39 is 0 Å². The Labute approximate surface area is 153 Å². The second-order valence-electron chi connectivity index (χ2n) is 6.18. The molecule has 0 aromatic heterocycles. The standard InChI is InChI=1S/C20H24FN3O2/c21-17-6-2-1-5-16(17)9-10-22-15-20(25)23-18-7-3-4-8-19(18)24-11-13-26-14-12-24/h1-8,22H,9-15H2,(H,23,25). The Morgan fingerprint density at radius 3 is 2.62 bits per heavy atom. The summed E-state index contributed by atoms with van der Waals surface area (Å²) in [5, 5.41) is 6.03. The highest BCUT2D eigenvalue weighted by Crippen LogP contribution is 2.26. The van der Waals surface area contributed by atoms with Crippen molar-refractivity contribution >= 4 is 17.3 Å². The molecule has 2 aromatic carbocycles. The van der Waals surface area contributed by atoms with Gasteiger partial charge in [-0.1, -0.05) is 30.3 Å². The Hall–Kier alpha value is -2.44. The van der Waals surface area contributed by atoms with Crippen molar-refractivity contribution in [2.45, 2.75) is 6.42 Å². The molecule has 1 aliphatic heterocycles. The van der Waals surface area contributed by atoms with E-state index in [0.717, 1.165) is 24.5 Å². The van der Waals surface area contributed by atoms with Gasteiger partial charge in [-0.2, -0.15) is 0 Å². The van der Waals surface area contributed by atoms with Crippen molar-refractivity contribution in [1.29, 1.82) is 0 Å². The molecule has 0 radical (unpaired) electrons. The van der Waals surface area contributed by atoms with Crippen LogP contribution in [0.3, 0.4) is 0 Å². The van der Waals surface area contributed by atoms with Gasteiger partial charge in [0.1, 0.15) is 5.82 Å². The number of hydrogen-bond acceptors (Lipinski definition) is 4. The number of rotatable bonds is 7. The van der Waals surface area contributed by atoms with Gasteiger partial charge < -0.3 is 20.3 Å². The van der Waals surface area contributed by atoms with Crippen LogP contribution in [0.15, 0.2) is 48.5 Å². The predicted molar refractivity (Wildman–Crippen MR) is 101 cm³/mol. The van der Waals surface area contributed by atoms with Gasteiger partial charge in [-0.15, -0.1) is 0 Å². The zero-order valence-electron chi connectivity index (χ0n) is 14.7. The predicted octanol–water partition coefficient (Wildman–Crippen LogP) is 2.43. The van der Waals surface area contributed by atoms with Crippen molar-refractivity contribution in [2.75, 3.05) is 49.6 Å². The molecule has 1 heterocycles. The zero-order chi connectivity index (χ0) is 18.2. The summed E-state index contributed by atoms with van der Waals surface area (Å²) in [5.74, 6) is -0.322. The Balaban J connectivity index is 1.48. The first-order chi connectivity index (χ1) is 12.7. The summed E-state index contributed by atoms with van der Waals surface area (Å²) in [7, 11) is 0. The molecule has 3 rings (SSSR count). The molecule has 138 valence electrons. The lowest BCUT2D eigenvalue weighted by atomic mass is 10.1. The molecule has 26 heavy (non-hydrogen) atoms. The van der Waals surface area contributed by atoms with Crippen molar-refractivity contribution in [3.8, 4) is 0 Å². The minimum Gasteiger partial charge on any atom is -0.378 e. The van der Waals surface area contributed by atoms with Gasteiger partial charge in [0.05, 0.1) is 31.1 Å². The Morgan fingerprint density at radius 2 is 1.81 bits per heavy atom. The van der Waals surface area contributed by atoms with Crippen LogP contribution in [0.1, 0.15) is 5.56 Å². The first kappa shape index (κ1) is 18.4. The van der Waals surface area contributed by atoms with Gasteiger partial charge >= 0.3 is 0 Å². The topological polar surface area (TPSA) is 53.6 Å². The molecule has 2 aromatic rings. The molecule has 0 unspecified atom stereocenters. The van der Waals surface area contributed by atoms with Gasteiger partial charge in [-0.3, -0.25) is 4.79 Å². The van der Waals surface area contributed by atoms with Crippen LogP contribution in [0.5, 0.6) is 0 Å². The maximum absolute atomic E-state index is 13.6. The van der Waals surface area contributed by atoms with Crippen molar-refractivity contribution in [2.24, 2.45) is 0 Å². The maximum Gasteiger partial charge on any atom is 0.238 e. The average Bonchev–Trinajstić information content (AvgIpc) is 2.68. The monoisotopic (exact) mass is 357 g/mol. The molecule has 0 atom stereocenters. The first-order valence-corrected chi connectivity index (χ1v) is 8.90. The van der Waals surface area contributed by atoms with Crippen LogP contribution in [0.4, 0.5) is 15.8 Å². The van der Waals surface area contributed by atoms with E-state index >= 15 is 0 Å². The fraction of sp³-hybridized carbons (Fsp3) is 0.350. The minimum absolute atomic E-state index is 0.112. The third-order valence-corrected chi connectivity index (χ3v) is 4.34. The molecule has 0 spiro atoms. The minimum atomic E-state index is -0.210. The van der Waals surface area contributed by atoms with Crippen LogP contribution < -0.4 is 15.5 Å². The number of amides is 1. The smallest absolute Gasteiger partial charge is 0.238 e. The van der Waals surface area contributed by atoms with Gasteiger partial charge in [-0.05, 0) is 36.7 Å². The second kappa shape index (κ2) is 9.31. The lowest BCUT2D eigenvalue weighted by Gasteiger charge is -2.30. The van der Waals surface area contributed by atoms with E-state index in [0.29, 0.717) is 31.7 Å². The zero-order valence-corrected chi connectivity index (χ0v) is 14.7. The summed E-state index contributed by atoms with van der Waals surface area (Å²) in [6.07, 6.45) is 0.546. The van der Waals surface area contributed by atoms with E-state index in [-0.39, 0.29) is 18.3 Å². The number of halogens is 1. The highest BCUT2D eigenvalue weighted by molar-refractivity contribution is 5.95. The van der Waals surface area contributed by atoms with Crippen LogP contribution in [0, 0.1) is 5.82 Å². The lowest BCUT2D eigenvalue weighted by molar-refractivity contribution is -0.115. The van der Waals surface area contributed by atoms with E-state index in [2.05, 4.69) is 15.5 Å². The van der Waals surface area contributed by atoms with Crippen molar-refractivity contribution in [3.63, 3.8) is 0 Å². The molecule has 0 aliphatic carbocycles. The molecule has 1 saturated heterocycles. The summed E-state index contributed by atoms with van der Waals surface area (Å²) in [6.45, 7) is 3.74. The van der Waals surface area contributed by atoms with Gasteiger partial charge in [0.25, 0.3) is 0 Å². The molecule has 5 nitrogen and oxygen atoms in total. The highest BCUT2D eigenvalue weighted by atomic mass is 19.1. The maximum atomic E-state index is 13.6. The lowest BCUT2D eigenvalue weighted by Crippen LogP contribution is -2.37. The van der Waals surface area contributed by atoms with Crippen molar-refractivity contribution in [3.05, 3.63) is 59.9 Å². The summed E-state index contributed by atoms with van der Waals surface area (Å²) in [4.78, 5) is 14.4. The van der Waals surface area contributed by atoms with Crippen LogP contribution in [-0.2, 0) is 16.0 Å². The molecule has 2 N–H and O–H groups in total. The molecule has 1 aliphatic rings. The molecular weight excluding hydrogens is 333 g/mol. The highest BCUT2D eigenvalue weighted by Gasteiger charge is 2.15. The molecular formula is C20H24FN3O2. The van der Waals surface area contributed by atoms with E-state index in [9.17, 15) is 9.18 Å². The summed E-state index contributed by atoms with van der Waals surface area (Å²) >= 11 is 0. The Morgan fingerprint density at radius 1 is 1.08 bits per heavy atom. The van der Waals surface area contributed by atoms with E-state index in [1.165, 1.54) is 6.07 Å². The molecule has 6 heteroatoms. The summed E-state index contributed by atoms with van der Waals surface area (Å²) in [6, 6.07) is 14.5. The number of ether oxygens (including phenoxy) is 1. The molecule has 1 amide bonds. The SMILES string of the molecule is O=C(CNCCc1ccccc1F)Nc1ccccc1N1CCOCC1. The van der Waals surface area contributed by atoms with Gasteiger partial charge in [0.2, 0.25) is 5.91 Å². The molecule has 1 fully saturated rings. The molecule has 0 bridgehead atoms. The number of para-hydroxylation sites is 2. The van der Waals surface area contributed by atoms with Crippen LogP contribution in [0.2, 0.25) is 0 Å². The number of anilines is 2. The quantitative estimate of drug-likeness (QED) is 0.748. The number of hydrogen-bond donors (Lipinski definition) is 2. The number of carbonyl (C=O) groups excluding carboxylic acids is 1. The fourth-order valence-corrected chi connectivity index (χ4v) is 2.98. The average molecular weight is 357 g/mol. The summed E-state index contributed by atoms with van der Waals surface area (Å²) < 4.78 is 19.0. The second-order valence-corrected chi connectivity index (χ2v) is 6.18. The van der Waals surface area contributed by atoms with Crippen molar-refractivity contribution < 1.29 is 13.9 Å². The Bertz CT molecular complexity index is 733. The molecule has 0 saturated carbocycles. The summed E-state index contributed by atoms with van der Waals surface area (Å²) in [5.41, 5.74) is 2.46. The van der Waals surface area contributed by atoms with E-state index in [1.54, 1.807) is 12.1 Å². The number of benzene rings is 2. The van der Waals surface area contributed by atoms with E-state index in [4.69, 9.17) is 4.74 Å². The van der Waals surface area contributed by atoms with Crippen LogP contribution >= 0.6 is 0 Å². The number of nitrogens with zero attached hydrogens (tertiary/aromatic N) is 1. The fourth-order valence-electron chi connectivity index (χ4n) is 2.98. The largest absolute Gasteiger partial charge is 0.378 e. The van der Waals surface area contributed by atoms with Gasteiger partial charge in [0, 0.05) is 13.1 Å². The first-order valence-electron chi connectivity index (χ1n) is 8.90.